The Morgan fingerprint density at radius 1 is 1.19 bits per heavy atom. The lowest BCUT2D eigenvalue weighted by molar-refractivity contribution is 0.409. The Balaban J connectivity index is 2.74. The summed E-state index contributed by atoms with van der Waals surface area (Å²) in [6.07, 6.45) is 0. The van der Waals surface area contributed by atoms with Gasteiger partial charge in [-0.1, -0.05) is 35.3 Å². The van der Waals surface area contributed by atoms with Gasteiger partial charge in [-0.05, 0) is 12.1 Å². The van der Waals surface area contributed by atoms with Gasteiger partial charge in [0.25, 0.3) is 0 Å². The molecule has 0 radical (unpaired) electrons. The molecule has 21 heavy (non-hydrogen) atoms. The quantitative estimate of drug-likeness (QED) is 0.694. The predicted octanol–water partition coefficient (Wildman–Crippen LogP) is 3.71. The van der Waals surface area contributed by atoms with Crippen LogP contribution in [0.15, 0.2) is 29.1 Å². The number of phenolic OH excluding ortho intramolecular Hbond substituents is 1. The highest BCUT2D eigenvalue weighted by molar-refractivity contribution is 6.42. The number of pyridine rings is 1. The van der Waals surface area contributed by atoms with Gasteiger partial charge in [-0.2, -0.15) is 0 Å². The molecule has 0 bridgehead atoms. The van der Waals surface area contributed by atoms with Gasteiger partial charge in [0.15, 0.2) is 11.5 Å². The van der Waals surface area contributed by atoms with E-state index in [1.54, 1.807) is 23.7 Å². The van der Waals surface area contributed by atoms with Gasteiger partial charge in [0.1, 0.15) is 10.0 Å². The van der Waals surface area contributed by atoms with E-state index in [4.69, 9.17) is 27.9 Å². The van der Waals surface area contributed by atoms with Crippen LogP contribution in [0.2, 0.25) is 10.0 Å². The number of aromatic hydroxyl groups is 1. The van der Waals surface area contributed by atoms with E-state index in [0.29, 0.717) is 16.4 Å². The molecule has 2 aromatic carbocycles. The standard InChI is InChI=1S/C15H11Cl2NO3/c1-18-8-6-4-3-5-7(8)13(19)9-12(18)10(16)15(21-2)11(17)14(9)20/h3-6,20H,1-2H3. The Bertz CT molecular complexity index is 947. The van der Waals surface area contributed by atoms with Crippen LogP contribution in [0.5, 0.6) is 11.5 Å². The van der Waals surface area contributed by atoms with Gasteiger partial charge in [0, 0.05) is 12.4 Å². The zero-order valence-corrected chi connectivity index (χ0v) is 12.8. The highest BCUT2D eigenvalue weighted by Gasteiger charge is 2.22. The van der Waals surface area contributed by atoms with Crippen LogP contribution in [0.4, 0.5) is 0 Å². The van der Waals surface area contributed by atoms with E-state index in [1.165, 1.54) is 7.11 Å². The molecule has 1 aromatic heterocycles. The molecule has 0 fully saturated rings. The first kappa shape index (κ1) is 14.0. The Labute approximate surface area is 130 Å². The summed E-state index contributed by atoms with van der Waals surface area (Å²) >= 11 is 12.4. The molecular weight excluding hydrogens is 313 g/mol. The summed E-state index contributed by atoms with van der Waals surface area (Å²) in [4.78, 5) is 12.6. The van der Waals surface area contributed by atoms with Crippen LogP contribution in [0.1, 0.15) is 0 Å². The maximum atomic E-state index is 12.6. The second-order valence-corrected chi connectivity index (χ2v) is 5.39. The van der Waals surface area contributed by atoms with Crippen LogP contribution in [-0.4, -0.2) is 16.8 Å². The average Bonchev–Trinajstić information content (AvgIpc) is 2.49. The number of rotatable bonds is 1. The number of ether oxygens (including phenoxy) is 1. The monoisotopic (exact) mass is 323 g/mol. The maximum Gasteiger partial charge on any atom is 0.201 e. The van der Waals surface area contributed by atoms with Crippen molar-refractivity contribution < 1.29 is 9.84 Å². The van der Waals surface area contributed by atoms with E-state index in [1.807, 2.05) is 12.1 Å². The molecular formula is C15H11Cl2NO3. The minimum Gasteiger partial charge on any atom is -0.505 e. The number of hydrogen-bond acceptors (Lipinski definition) is 3. The zero-order valence-electron chi connectivity index (χ0n) is 11.3. The summed E-state index contributed by atoms with van der Waals surface area (Å²) in [5, 5.41) is 11.0. The topological polar surface area (TPSA) is 51.5 Å². The number of phenols is 1. The summed E-state index contributed by atoms with van der Waals surface area (Å²) in [7, 11) is 3.17. The molecule has 6 heteroatoms. The first-order valence-electron chi connectivity index (χ1n) is 6.14. The van der Waals surface area contributed by atoms with Crippen molar-refractivity contribution in [2.45, 2.75) is 0 Å². The molecule has 4 nitrogen and oxygen atoms in total. The number of aryl methyl sites for hydroxylation is 1. The predicted molar refractivity (Wildman–Crippen MR) is 84.9 cm³/mol. The van der Waals surface area contributed by atoms with Gasteiger partial charge in [0.2, 0.25) is 5.43 Å². The van der Waals surface area contributed by atoms with Gasteiger partial charge in [0.05, 0.1) is 23.5 Å². The minimum atomic E-state index is -0.320. The molecule has 1 heterocycles. The van der Waals surface area contributed by atoms with Crippen LogP contribution < -0.4 is 10.2 Å². The van der Waals surface area contributed by atoms with Crippen molar-refractivity contribution in [3.8, 4) is 11.5 Å². The molecule has 0 saturated heterocycles. The van der Waals surface area contributed by atoms with Crippen molar-refractivity contribution in [2.24, 2.45) is 7.05 Å². The van der Waals surface area contributed by atoms with E-state index in [0.717, 1.165) is 0 Å². The van der Waals surface area contributed by atoms with E-state index < -0.39 is 0 Å². The van der Waals surface area contributed by atoms with Crippen molar-refractivity contribution in [1.29, 1.82) is 0 Å². The molecule has 0 spiro atoms. The normalized spacial score (nSPS) is 11.2. The van der Waals surface area contributed by atoms with Crippen molar-refractivity contribution in [3.63, 3.8) is 0 Å². The highest BCUT2D eigenvalue weighted by Crippen LogP contribution is 2.45. The number of para-hydroxylation sites is 1. The molecule has 0 atom stereocenters. The van der Waals surface area contributed by atoms with Crippen LogP contribution in [0.25, 0.3) is 21.8 Å². The number of hydrogen-bond donors (Lipinski definition) is 1. The van der Waals surface area contributed by atoms with Crippen molar-refractivity contribution in [3.05, 3.63) is 44.5 Å². The molecule has 108 valence electrons. The Hall–Kier alpha value is -1.91. The van der Waals surface area contributed by atoms with E-state index in [-0.39, 0.29) is 32.4 Å². The number of benzene rings is 2. The zero-order chi connectivity index (χ0) is 15.3. The van der Waals surface area contributed by atoms with Crippen LogP contribution in [0.3, 0.4) is 0 Å². The lowest BCUT2D eigenvalue weighted by Crippen LogP contribution is -2.10. The third-order valence-corrected chi connectivity index (χ3v) is 4.27. The number of methoxy groups -OCH3 is 1. The van der Waals surface area contributed by atoms with Crippen LogP contribution in [-0.2, 0) is 7.05 Å². The van der Waals surface area contributed by atoms with Gasteiger partial charge in [-0.3, -0.25) is 4.79 Å². The molecule has 0 amide bonds. The maximum absolute atomic E-state index is 12.6. The molecule has 0 saturated carbocycles. The number of halogens is 2. The Morgan fingerprint density at radius 3 is 2.52 bits per heavy atom. The number of nitrogens with zero attached hydrogens (tertiary/aromatic N) is 1. The lowest BCUT2D eigenvalue weighted by atomic mass is 10.1. The van der Waals surface area contributed by atoms with Gasteiger partial charge < -0.3 is 14.4 Å². The van der Waals surface area contributed by atoms with Crippen LogP contribution in [0, 0.1) is 0 Å². The molecule has 1 N–H and O–H groups in total. The smallest absolute Gasteiger partial charge is 0.201 e. The SMILES string of the molecule is COc1c(Cl)c(O)c2c(=O)c3ccccc3n(C)c2c1Cl. The van der Waals surface area contributed by atoms with Gasteiger partial charge in [-0.25, -0.2) is 0 Å². The molecule has 3 aromatic rings. The Kier molecular flexibility index (Phi) is 3.23. The first-order valence-corrected chi connectivity index (χ1v) is 6.90. The van der Waals surface area contributed by atoms with E-state index in [9.17, 15) is 9.90 Å². The largest absolute Gasteiger partial charge is 0.505 e. The molecule has 3 rings (SSSR count). The first-order chi connectivity index (χ1) is 9.99. The summed E-state index contributed by atoms with van der Waals surface area (Å²) in [6, 6.07) is 7.10. The summed E-state index contributed by atoms with van der Waals surface area (Å²) in [5.74, 6) is -0.173. The van der Waals surface area contributed by atoms with Gasteiger partial charge >= 0.3 is 0 Å². The van der Waals surface area contributed by atoms with Gasteiger partial charge in [-0.15, -0.1) is 0 Å². The van der Waals surface area contributed by atoms with E-state index >= 15 is 0 Å². The summed E-state index contributed by atoms with van der Waals surface area (Å²) < 4.78 is 6.88. The Morgan fingerprint density at radius 2 is 1.86 bits per heavy atom. The second kappa shape index (κ2) is 4.83. The summed E-state index contributed by atoms with van der Waals surface area (Å²) in [5.41, 5.74) is 0.780. The fourth-order valence-electron chi connectivity index (χ4n) is 2.57. The van der Waals surface area contributed by atoms with Crippen LogP contribution >= 0.6 is 23.2 Å². The third kappa shape index (κ3) is 1.79. The minimum absolute atomic E-state index is 0.0672. The fraction of sp³-hybridized carbons (Fsp3) is 0.133. The molecule has 0 aliphatic rings. The van der Waals surface area contributed by atoms with Crippen molar-refractivity contribution in [1.82, 2.24) is 4.57 Å². The summed E-state index contributed by atoms with van der Waals surface area (Å²) in [6.45, 7) is 0. The molecule has 0 unspecified atom stereocenters. The number of aromatic nitrogens is 1. The van der Waals surface area contributed by atoms with E-state index in [2.05, 4.69) is 0 Å². The molecule has 0 aliphatic carbocycles. The van der Waals surface area contributed by atoms with Crippen molar-refractivity contribution in [2.75, 3.05) is 7.11 Å². The molecule has 0 aliphatic heterocycles. The third-order valence-electron chi connectivity index (χ3n) is 3.56. The lowest BCUT2D eigenvalue weighted by Gasteiger charge is -2.16. The highest BCUT2D eigenvalue weighted by atomic mass is 35.5. The number of fused-ring (bicyclic) bond motifs is 2. The second-order valence-electron chi connectivity index (χ2n) is 4.64. The fourth-order valence-corrected chi connectivity index (χ4v) is 3.27. The van der Waals surface area contributed by atoms with Crippen molar-refractivity contribution >= 4 is 45.0 Å². The average molecular weight is 324 g/mol.